The van der Waals surface area contributed by atoms with Gasteiger partial charge in [0.2, 0.25) is 0 Å². The summed E-state index contributed by atoms with van der Waals surface area (Å²) in [6.45, 7) is 3.56. The summed E-state index contributed by atoms with van der Waals surface area (Å²) in [6.07, 6.45) is 4.40. The molecule has 0 spiro atoms. The van der Waals surface area contributed by atoms with Gasteiger partial charge >= 0.3 is 5.97 Å². The molecule has 1 unspecified atom stereocenters. The first kappa shape index (κ1) is 23.2. The van der Waals surface area contributed by atoms with Crippen LogP contribution in [0.25, 0.3) is 0 Å². The monoisotopic (exact) mass is 462 g/mol. The molecule has 33 heavy (non-hydrogen) atoms. The molecule has 6 heteroatoms. The lowest BCUT2D eigenvalue weighted by molar-refractivity contribution is -0.137. The summed E-state index contributed by atoms with van der Waals surface area (Å²) >= 11 is 1.81. The summed E-state index contributed by atoms with van der Waals surface area (Å²) < 4.78 is 6.03. The molecule has 0 saturated heterocycles. The molecular formula is C27H30N2O3S. The fourth-order valence-corrected chi connectivity index (χ4v) is 5.05. The zero-order chi connectivity index (χ0) is 23.0. The van der Waals surface area contributed by atoms with Crippen molar-refractivity contribution in [2.24, 2.45) is 0 Å². The number of hydrogen-bond acceptors (Lipinski definition) is 5. The highest BCUT2D eigenvalue weighted by atomic mass is 32.2. The Balaban J connectivity index is 1.35. The first-order valence-corrected chi connectivity index (χ1v) is 12.5. The fourth-order valence-electron chi connectivity index (χ4n) is 4.37. The Labute approximate surface area is 199 Å². The van der Waals surface area contributed by atoms with Gasteiger partial charge in [-0.15, -0.1) is 11.8 Å². The zero-order valence-corrected chi connectivity index (χ0v) is 19.7. The average molecular weight is 463 g/mol. The van der Waals surface area contributed by atoms with E-state index in [0.29, 0.717) is 6.61 Å². The maximum atomic E-state index is 11.4. The van der Waals surface area contributed by atoms with Crippen molar-refractivity contribution < 1.29 is 14.6 Å². The van der Waals surface area contributed by atoms with Gasteiger partial charge in [0.15, 0.2) is 0 Å². The van der Waals surface area contributed by atoms with Crippen molar-refractivity contribution >= 4 is 23.5 Å². The Morgan fingerprint density at radius 3 is 2.88 bits per heavy atom. The number of carboxylic acid groups (broad SMARTS) is 1. The lowest BCUT2D eigenvalue weighted by Crippen LogP contribution is -2.09. The molecule has 5 nitrogen and oxygen atoms in total. The number of nitrogens with one attached hydrogen (secondary N) is 1. The molecule has 1 atom stereocenters. The van der Waals surface area contributed by atoms with Crippen molar-refractivity contribution in [3.63, 3.8) is 0 Å². The summed E-state index contributed by atoms with van der Waals surface area (Å²) in [4.78, 5) is 17.0. The van der Waals surface area contributed by atoms with Crippen molar-refractivity contribution in [1.29, 1.82) is 0 Å². The highest BCUT2D eigenvalue weighted by molar-refractivity contribution is 7.99. The predicted molar refractivity (Wildman–Crippen MR) is 134 cm³/mol. The van der Waals surface area contributed by atoms with Gasteiger partial charge in [0, 0.05) is 17.6 Å². The van der Waals surface area contributed by atoms with Gasteiger partial charge in [-0.2, -0.15) is 0 Å². The molecule has 0 aliphatic heterocycles. The molecule has 1 aromatic heterocycles. The number of carboxylic acids is 1. The van der Waals surface area contributed by atoms with Crippen molar-refractivity contribution in [3.05, 3.63) is 83.0 Å². The number of fused-ring (bicyclic) bond motifs is 2. The minimum absolute atomic E-state index is 0.000584. The quantitative estimate of drug-likeness (QED) is 0.294. The molecule has 1 heterocycles. The minimum Gasteiger partial charge on any atom is -0.494 e. The second-order valence-electron chi connectivity index (χ2n) is 8.24. The number of benzene rings is 2. The maximum Gasteiger partial charge on any atom is 0.303 e. The van der Waals surface area contributed by atoms with E-state index in [0.717, 1.165) is 48.7 Å². The number of hydrogen-bond donors (Lipinski definition) is 2. The molecular weight excluding hydrogens is 432 g/mol. The van der Waals surface area contributed by atoms with Crippen LogP contribution in [0.1, 0.15) is 47.9 Å². The number of carbonyl (C=O) groups is 1. The summed E-state index contributed by atoms with van der Waals surface area (Å²) in [5.74, 6) is 2.05. The summed E-state index contributed by atoms with van der Waals surface area (Å²) in [6, 6.07) is 18.6. The van der Waals surface area contributed by atoms with E-state index in [1.54, 1.807) is 0 Å². The molecule has 172 valence electrons. The molecule has 0 fully saturated rings. The maximum absolute atomic E-state index is 11.4. The van der Waals surface area contributed by atoms with Gasteiger partial charge in [0.25, 0.3) is 0 Å². The molecule has 1 aliphatic rings. The van der Waals surface area contributed by atoms with Gasteiger partial charge in [0.05, 0.1) is 13.0 Å². The van der Waals surface area contributed by atoms with Gasteiger partial charge in [0.1, 0.15) is 11.6 Å². The SMILES string of the molecule is CCSc1ccnc(NCCCOc2ccc3c(c2)Cc2ccccc2C(CC(=O)O)C3)c1. The molecule has 3 aromatic rings. The van der Waals surface area contributed by atoms with Crippen LogP contribution in [0.3, 0.4) is 0 Å². The van der Waals surface area contributed by atoms with Crippen molar-refractivity contribution in [3.8, 4) is 5.75 Å². The van der Waals surface area contributed by atoms with E-state index in [9.17, 15) is 9.90 Å². The number of aromatic nitrogens is 1. The van der Waals surface area contributed by atoms with E-state index in [1.165, 1.54) is 21.6 Å². The van der Waals surface area contributed by atoms with Crippen molar-refractivity contribution in [2.45, 2.75) is 43.4 Å². The first-order valence-electron chi connectivity index (χ1n) is 11.5. The van der Waals surface area contributed by atoms with Crippen LogP contribution < -0.4 is 10.1 Å². The minimum atomic E-state index is -0.752. The molecule has 4 rings (SSSR count). The number of nitrogens with zero attached hydrogens (tertiary/aromatic N) is 1. The molecule has 2 aromatic carbocycles. The molecule has 1 aliphatic carbocycles. The van der Waals surface area contributed by atoms with Crippen LogP contribution in [0.15, 0.2) is 65.7 Å². The number of aliphatic carboxylic acids is 1. The second kappa shape index (κ2) is 11.2. The Hall–Kier alpha value is -2.99. The van der Waals surface area contributed by atoms with E-state index in [1.807, 2.05) is 42.2 Å². The first-order chi connectivity index (χ1) is 16.1. The van der Waals surface area contributed by atoms with Crippen LogP contribution in [0.2, 0.25) is 0 Å². The standard InChI is InChI=1S/C27H30N2O3S/c1-2-33-24-10-12-29-26(18-24)28-11-5-13-32-23-9-8-19-14-22(17-27(30)31)25-7-4-3-6-20(25)15-21(19)16-23/h3-4,6-10,12,16,18,22H,2,5,11,13-15,17H2,1H3,(H,28,29)(H,30,31). The van der Waals surface area contributed by atoms with E-state index < -0.39 is 5.97 Å². The third-order valence-electron chi connectivity index (χ3n) is 5.88. The zero-order valence-electron chi connectivity index (χ0n) is 18.9. The second-order valence-corrected chi connectivity index (χ2v) is 9.58. The van der Waals surface area contributed by atoms with Crippen LogP contribution in [0, 0.1) is 0 Å². The van der Waals surface area contributed by atoms with Gasteiger partial charge < -0.3 is 15.2 Å². The lowest BCUT2D eigenvalue weighted by Gasteiger charge is -2.16. The third-order valence-corrected chi connectivity index (χ3v) is 6.76. The van der Waals surface area contributed by atoms with Crippen LogP contribution in [-0.2, 0) is 17.6 Å². The average Bonchev–Trinajstić information content (AvgIpc) is 2.95. The van der Waals surface area contributed by atoms with Gasteiger partial charge in [-0.25, -0.2) is 4.98 Å². The number of thioether (sulfide) groups is 1. The molecule has 0 bridgehead atoms. The van der Waals surface area contributed by atoms with Crippen molar-refractivity contribution in [1.82, 2.24) is 4.98 Å². The van der Waals surface area contributed by atoms with E-state index >= 15 is 0 Å². The molecule has 0 radical (unpaired) electrons. The van der Waals surface area contributed by atoms with Crippen LogP contribution >= 0.6 is 11.8 Å². The van der Waals surface area contributed by atoms with Crippen LogP contribution in [0.5, 0.6) is 5.75 Å². The van der Waals surface area contributed by atoms with Crippen LogP contribution in [0.4, 0.5) is 5.82 Å². The Bertz CT molecular complexity index is 1100. The summed E-state index contributed by atoms with van der Waals surface area (Å²) in [5, 5.41) is 12.8. The van der Waals surface area contributed by atoms with Gasteiger partial charge in [-0.3, -0.25) is 4.79 Å². The van der Waals surface area contributed by atoms with Crippen molar-refractivity contribution in [2.75, 3.05) is 24.2 Å². The predicted octanol–water partition coefficient (Wildman–Crippen LogP) is 5.78. The lowest BCUT2D eigenvalue weighted by atomic mass is 9.89. The van der Waals surface area contributed by atoms with E-state index in [2.05, 4.69) is 47.6 Å². The molecule has 0 amide bonds. The number of pyridine rings is 1. The normalized spacial score (nSPS) is 14.6. The third kappa shape index (κ3) is 6.29. The van der Waals surface area contributed by atoms with Crippen LogP contribution in [-0.4, -0.2) is 35.0 Å². The smallest absolute Gasteiger partial charge is 0.303 e. The fraction of sp³-hybridized carbons (Fsp3) is 0.333. The molecule has 2 N–H and O–H groups in total. The Kier molecular flexibility index (Phi) is 7.89. The van der Waals surface area contributed by atoms with E-state index in [4.69, 9.17) is 4.74 Å². The van der Waals surface area contributed by atoms with Gasteiger partial charge in [-0.05, 0) is 77.5 Å². The number of anilines is 1. The summed E-state index contributed by atoms with van der Waals surface area (Å²) in [5.41, 5.74) is 4.79. The number of rotatable bonds is 10. The Morgan fingerprint density at radius 1 is 1.15 bits per heavy atom. The Morgan fingerprint density at radius 2 is 2.03 bits per heavy atom. The largest absolute Gasteiger partial charge is 0.494 e. The summed E-state index contributed by atoms with van der Waals surface area (Å²) in [7, 11) is 0. The van der Waals surface area contributed by atoms with E-state index in [-0.39, 0.29) is 12.3 Å². The highest BCUT2D eigenvalue weighted by Crippen LogP contribution is 2.35. The van der Waals surface area contributed by atoms with Gasteiger partial charge in [-0.1, -0.05) is 37.3 Å². The topological polar surface area (TPSA) is 71.5 Å². The molecule has 0 saturated carbocycles. The highest BCUT2D eigenvalue weighted by Gasteiger charge is 2.24. The number of ether oxygens (including phenoxy) is 1.